The highest BCUT2D eigenvalue weighted by Crippen LogP contribution is 2.33. The molecule has 16 heavy (non-hydrogen) atoms. The Morgan fingerprint density at radius 3 is 2.75 bits per heavy atom. The first kappa shape index (κ1) is 11.4. The summed E-state index contributed by atoms with van der Waals surface area (Å²) in [6, 6.07) is 3.79. The third-order valence-corrected chi connectivity index (χ3v) is 2.74. The average Bonchev–Trinajstić information content (AvgIpc) is 2.26. The number of benzene rings is 1. The van der Waals surface area contributed by atoms with Crippen molar-refractivity contribution in [1.29, 1.82) is 0 Å². The Morgan fingerprint density at radius 1 is 1.38 bits per heavy atom. The van der Waals surface area contributed by atoms with Gasteiger partial charge in [-0.3, -0.25) is 0 Å². The van der Waals surface area contributed by atoms with Crippen LogP contribution < -0.4 is 5.32 Å². The van der Waals surface area contributed by atoms with Gasteiger partial charge in [0, 0.05) is 0 Å². The Bertz CT molecular complexity index is 389. The molecule has 0 spiro atoms. The lowest BCUT2D eigenvalue weighted by molar-refractivity contribution is -0.137. The van der Waals surface area contributed by atoms with Crippen molar-refractivity contribution in [3.63, 3.8) is 0 Å². The number of hydrogen-bond donors (Lipinski definition) is 1. The molecule has 1 aliphatic rings. The topological polar surface area (TPSA) is 21.3 Å². The van der Waals surface area contributed by atoms with Gasteiger partial charge in [0.05, 0.1) is 24.8 Å². The van der Waals surface area contributed by atoms with Gasteiger partial charge in [-0.1, -0.05) is 6.07 Å². The fourth-order valence-corrected chi connectivity index (χ4v) is 1.86. The van der Waals surface area contributed by atoms with Gasteiger partial charge in [-0.05, 0) is 30.3 Å². The largest absolute Gasteiger partial charge is 0.416 e. The predicted molar refractivity (Wildman–Crippen MR) is 52.9 cm³/mol. The number of fused-ring (bicyclic) bond motifs is 1. The van der Waals surface area contributed by atoms with Gasteiger partial charge in [-0.2, -0.15) is 13.2 Å². The van der Waals surface area contributed by atoms with Gasteiger partial charge < -0.3 is 10.1 Å². The van der Waals surface area contributed by atoms with Crippen molar-refractivity contribution < 1.29 is 17.9 Å². The molecular weight excluding hydrogens is 219 g/mol. The van der Waals surface area contributed by atoms with Crippen LogP contribution in [-0.2, 0) is 17.5 Å². The van der Waals surface area contributed by atoms with Gasteiger partial charge in [0.15, 0.2) is 0 Å². The van der Waals surface area contributed by atoms with Gasteiger partial charge in [-0.25, -0.2) is 0 Å². The van der Waals surface area contributed by atoms with Crippen molar-refractivity contribution in [2.75, 3.05) is 13.7 Å². The van der Waals surface area contributed by atoms with E-state index in [1.54, 1.807) is 7.05 Å². The van der Waals surface area contributed by atoms with Crippen molar-refractivity contribution in [2.24, 2.45) is 0 Å². The van der Waals surface area contributed by atoms with Gasteiger partial charge in [0.25, 0.3) is 0 Å². The maximum absolute atomic E-state index is 12.5. The number of alkyl halides is 3. The summed E-state index contributed by atoms with van der Waals surface area (Å²) in [6.07, 6.45) is -4.29. The summed E-state index contributed by atoms with van der Waals surface area (Å²) in [5.74, 6) is 0. The van der Waals surface area contributed by atoms with Gasteiger partial charge in [0.1, 0.15) is 0 Å². The smallest absolute Gasteiger partial charge is 0.375 e. The quantitative estimate of drug-likeness (QED) is 0.801. The van der Waals surface area contributed by atoms with Gasteiger partial charge in [0.2, 0.25) is 0 Å². The standard InChI is InChI=1S/C11H12F3NO/c1-15-10-6-16-5-7-4-8(11(12,13)14)2-3-9(7)10/h2-4,10,15H,5-6H2,1H3. The second-order valence-electron chi connectivity index (χ2n) is 3.77. The van der Waals surface area contributed by atoms with Crippen LogP contribution in [0, 0.1) is 0 Å². The van der Waals surface area contributed by atoms with E-state index in [0.717, 1.165) is 11.6 Å². The maximum atomic E-state index is 12.5. The molecule has 1 unspecified atom stereocenters. The van der Waals surface area contributed by atoms with E-state index in [2.05, 4.69) is 5.32 Å². The molecule has 0 radical (unpaired) electrons. The lowest BCUT2D eigenvalue weighted by Gasteiger charge is -2.26. The van der Waals surface area contributed by atoms with E-state index >= 15 is 0 Å². The molecule has 0 amide bonds. The van der Waals surface area contributed by atoms with Crippen molar-refractivity contribution in [3.8, 4) is 0 Å². The fourth-order valence-electron chi connectivity index (χ4n) is 1.86. The van der Waals surface area contributed by atoms with Crippen LogP contribution in [0.4, 0.5) is 13.2 Å². The first-order valence-corrected chi connectivity index (χ1v) is 4.97. The van der Waals surface area contributed by atoms with Crippen LogP contribution in [-0.4, -0.2) is 13.7 Å². The van der Waals surface area contributed by atoms with Crippen molar-refractivity contribution in [1.82, 2.24) is 5.32 Å². The minimum absolute atomic E-state index is 0.0222. The molecule has 2 nitrogen and oxygen atoms in total. The summed E-state index contributed by atoms with van der Waals surface area (Å²) in [4.78, 5) is 0. The number of halogens is 3. The Hall–Kier alpha value is -1.07. The molecule has 0 saturated carbocycles. The molecule has 1 aromatic rings. The molecule has 0 bridgehead atoms. The third-order valence-electron chi connectivity index (χ3n) is 2.74. The minimum atomic E-state index is -4.29. The Morgan fingerprint density at radius 2 is 2.12 bits per heavy atom. The Kier molecular flexibility index (Phi) is 2.90. The number of hydrogen-bond acceptors (Lipinski definition) is 2. The summed E-state index contributed by atoms with van der Waals surface area (Å²) < 4.78 is 42.7. The van der Waals surface area contributed by atoms with Crippen LogP contribution in [0.15, 0.2) is 18.2 Å². The molecular formula is C11H12F3NO. The highest BCUT2D eigenvalue weighted by Gasteiger charge is 2.32. The Labute approximate surface area is 91.4 Å². The molecule has 2 rings (SSSR count). The summed E-state index contributed by atoms with van der Waals surface area (Å²) >= 11 is 0. The SMILES string of the molecule is CNC1COCc2cc(C(F)(F)F)ccc21. The maximum Gasteiger partial charge on any atom is 0.416 e. The second kappa shape index (κ2) is 4.07. The molecule has 1 atom stereocenters. The molecule has 0 aromatic heterocycles. The zero-order valence-corrected chi connectivity index (χ0v) is 8.77. The monoisotopic (exact) mass is 231 g/mol. The van der Waals surface area contributed by atoms with Crippen molar-refractivity contribution in [2.45, 2.75) is 18.8 Å². The molecule has 1 aliphatic heterocycles. The Balaban J connectivity index is 2.39. The summed E-state index contributed by atoms with van der Waals surface area (Å²) in [6.45, 7) is 0.742. The van der Waals surface area contributed by atoms with E-state index in [9.17, 15) is 13.2 Å². The molecule has 1 N–H and O–H groups in total. The highest BCUT2D eigenvalue weighted by atomic mass is 19.4. The molecule has 0 fully saturated rings. The van der Waals surface area contributed by atoms with E-state index in [0.29, 0.717) is 12.2 Å². The van der Waals surface area contributed by atoms with Crippen LogP contribution in [0.5, 0.6) is 0 Å². The normalized spacial score (nSPS) is 20.6. The van der Waals surface area contributed by atoms with Crippen molar-refractivity contribution in [3.05, 3.63) is 34.9 Å². The van der Waals surface area contributed by atoms with E-state index in [1.807, 2.05) is 0 Å². The zero-order chi connectivity index (χ0) is 11.8. The second-order valence-corrected chi connectivity index (χ2v) is 3.77. The fraction of sp³-hybridized carbons (Fsp3) is 0.455. The van der Waals surface area contributed by atoms with E-state index in [1.165, 1.54) is 12.1 Å². The molecule has 1 aromatic carbocycles. The number of ether oxygens (including phenoxy) is 1. The van der Waals surface area contributed by atoms with Gasteiger partial charge in [-0.15, -0.1) is 0 Å². The highest BCUT2D eigenvalue weighted by molar-refractivity contribution is 5.36. The van der Waals surface area contributed by atoms with E-state index in [4.69, 9.17) is 4.74 Å². The zero-order valence-electron chi connectivity index (χ0n) is 8.77. The number of rotatable bonds is 1. The van der Waals surface area contributed by atoms with Gasteiger partial charge >= 0.3 is 6.18 Å². The summed E-state index contributed by atoms with van der Waals surface area (Å²) in [5.41, 5.74) is 0.883. The summed E-state index contributed by atoms with van der Waals surface area (Å²) in [7, 11) is 1.76. The molecule has 0 aliphatic carbocycles. The lowest BCUT2D eigenvalue weighted by Crippen LogP contribution is -2.27. The van der Waals surface area contributed by atoms with Crippen LogP contribution in [0.25, 0.3) is 0 Å². The third kappa shape index (κ3) is 2.05. The van der Waals surface area contributed by atoms with E-state index in [-0.39, 0.29) is 12.6 Å². The van der Waals surface area contributed by atoms with Crippen LogP contribution in [0.1, 0.15) is 22.7 Å². The first-order chi connectivity index (χ1) is 7.52. The van der Waals surface area contributed by atoms with Crippen LogP contribution in [0.2, 0.25) is 0 Å². The molecule has 5 heteroatoms. The lowest BCUT2D eigenvalue weighted by atomic mass is 9.97. The summed E-state index contributed by atoms with van der Waals surface area (Å²) in [5, 5.41) is 3.01. The molecule has 1 heterocycles. The number of nitrogens with one attached hydrogen (secondary N) is 1. The average molecular weight is 231 g/mol. The minimum Gasteiger partial charge on any atom is -0.375 e. The van der Waals surface area contributed by atoms with Crippen LogP contribution >= 0.6 is 0 Å². The van der Waals surface area contributed by atoms with E-state index < -0.39 is 11.7 Å². The molecule has 88 valence electrons. The number of likely N-dealkylation sites (N-methyl/N-ethyl adjacent to an activating group) is 1. The van der Waals surface area contributed by atoms with Crippen molar-refractivity contribution >= 4 is 0 Å². The molecule has 0 saturated heterocycles. The first-order valence-electron chi connectivity index (χ1n) is 4.97. The van der Waals surface area contributed by atoms with Crippen LogP contribution in [0.3, 0.4) is 0 Å². The predicted octanol–water partition coefficient (Wildman–Crippen LogP) is 2.50.